The van der Waals surface area contributed by atoms with E-state index in [2.05, 4.69) is 63.5 Å². The number of rotatable bonds is 60. The van der Waals surface area contributed by atoms with Gasteiger partial charge in [0.15, 0.2) is 0 Å². The zero-order chi connectivity index (χ0) is 88.2. The molecule has 7 atom stereocenters. The number of hydrogen-bond acceptors (Lipinski definition) is 28. The number of aryl methyl sites for hydroxylation is 1. The van der Waals surface area contributed by atoms with Crippen molar-refractivity contribution in [2.75, 3.05) is 107 Å². The van der Waals surface area contributed by atoms with Gasteiger partial charge in [-0.05, 0) is 148 Å². The Labute approximate surface area is 721 Å². The van der Waals surface area contributed by atoms with Crippen LogP contribution in [0.4, 0.5) is 0 Å². The third-order valence-electron chi connectivity index (χ3n) is 21.3. The predicted molar refractivity (Wildman–Crippen MR) is 449 cm³/mol. The third-order valence-corrected chi connectivity index (χ3v) is 23.3. The first-order chi connectivity index (χ1) is 57.6. The zero-order valence-electron chi connectivity index (χ0n) is 72.6. The molecule has 4 aromatic heterocycles. The molecule has 35 nitrogen and oxygen atoms in total. The highest BCUT2D eigenvalue weighted by Gasteiger charge is 2.56. The number of carbonyl (C=O) groups is 6. The lowest BCUT2D eigenvalue weighted by Crippen LogP contribution is -2.50. The van der Waals surface area contributed by atoms with Gasteiger partial charge in [0, 0.05) is 73.7 Å². The number of ether oxygens (including phenoxy) is 9. The molecule has 121 heavy (non-hydrogen) atoms. The van der Waals surface area contributed by atoms with Crippen molar-refractivity contribution in [1.29, 1.82) is 0 Å². The van der Waals surface area contributed by atoms with E-state index in [1.54, 1.807) is 90.1 Å². The van der Waals surface area contributed by atoms with Crippen LogP contribution in [0.25, 0.3) is 0 Å². The molecule has 2 aromatic carbocycles. The number of aromatic nitrogens is 12. The Morgan fingerprint density at radius 1 is 0.587 bits per heavy atom. The van der Waals surface area contributed by atoms with Crippen LogP contribution in [0.1, 0.15) is 204 Å². The van der Waals surface area contributed by atoms with Gasteiger partial charge < -0.3 is 69.0 Å². The summed E-state index contributed by atoms with van der Waals surface area (Å²) < 4.78 is 88.5. The van der Waals surface area contributed by atoms with Gasteiger partial charge in [0.2, 0.25) is 21.8 Å². The molecular weight excluding hydrogens is 1630 g/mol. The number of unbranched alkanes of at least 4 members (excludes halogenated alkanes) is 7. The number of aliphatic hydroxyl groups is 1. The second kappa shape index (κ2) is 49.5. The van der Waals surface area contributed by atoms with Crippen LogP contribution in [0.15, 0.2) is 66.1 Å². The molecule has 0 radical (unpaired) electrons. The van der Waals surface area contributed by atoms with Crippen molar-refractivity contribution in [3.05, 3.63) is 111 Å². The van der Waals surface area contributed by atoms with E-state index in [9.17, 15) is 27.9 Å². The largest absolute Gasteiger partial charge is 0.459 e. The van der Waals surface area contributed by atoms with Crippen LogP contribution in [0.5, 0.6) is 0 Å². The fourth-order valence-corrected chi connectivity index (χ4v) is 16.8. The Morgan fingerprint density at radius 2 is 1.06 bits per heavy atom. The normalized spacial score (nSPS) is 16.0. The van der Waals surface area contributed by atoms with Crippen LogP contribution < -0.4 is 21.1 Å². The predicted octanol–water partition coefficient (Wildman–Crippen LogP) is 8.46. The summed E-state index contributed by atoms with van der Waals surface area (Å²) in [6.07, 6.45) is 14.5. The highest BCUT2D eigenvalue weighted by Crippen LogP contribution is 2.52. The number of methoxy groups -OCH3 is 1. The minimum atomic E-state index is -4.00. The number of benzene rings is 2. The van der Waals surface area contributed by atoms with Gasteiger partial charge in [-0.2, -0.15) is 0 Å². The minimum Gasteiger partial charge on any atom is -0.459 e. The molecule has 6 N–H and O–H groups in total. The minimum absolute atomic E-state index is 0.0105. The summed E-state index contributed by atoms with van der Waals surface area (Å²) in [6.45, 7) is 17.9. The van der Waals surface area contributed by atoms with Crippen molar-refractivity contribution in [3.63, 3.8) is 0 Å². The molecule has 2 amide bonds. The number of aliphatic hydroxyl groups excluding tert-OH is 1. The number of fused-ring (bicyclic) bond motifs is 1. The van der Waals surface area contributed by atoms with Crippen LogP contribution in [0.2, 0.25) is 10.0 Å². The Bertz CT molecular complexity index is 4340. The first-order valence-electron chi connectivity index (χ1n) is 41.9. The maximum atomic E-state index is 15.8. The molecule has 0 spiro atoms. The molecule has 7 rings (SSSR count). The van der Waals surface area contributed by atoms with Gasteiger partial charge in [-0.15, -0.1) is 20.4 Å². The van der Waals surface area contributed by atoms with Crippen molar-refractivity contribution in [3.8, 4) is 0 Å². The van der Waals surface area contributed by atoms with Crippen LogP contribution in [0.3, 0.4) is 0 Å². The number of esters is 4. The number of sulfonamides is 1. The highest BCUT2D eigenvalue weighted by atomic mass is 35.5. The lowest BCUT2D eigenvalue weighted by molar-refractivity contribution is -0.175. The van der Waals surface area contributed by atoms with Gasteiger partial charge in [0.25, 0.3) is 0 Å². The van der Waals surface area contributed by atoms with Crippen LogP contribution in [0, 0.1) is 27.1 Å². The van der Waals surface area contributed by atoms with Gasteiger partial charge in [-0.25, -0.2) is 22.5 Å². The molecule has 0 saturated carbocycles. The number of hydrogen-bond donors (Lipinski definition) is 5. The Hall–Kier alpha value is -8.01. The standard InChI is InChI=1S/C83H129Cl2N17O18S/c1-13-15-16-17-18-19-20-21-28-99-48-64(90-94-99)52-117-75(106)79(4,5)56-81(7,76(107)118-53-65-49-100(95-91-65)30-26-87-73(104)25-29-98(10)11)58-83(9,78(109)120-55-67-51-102(97-93-67)32-35-114-38-39-116-41-40-115-37-36-112-12)59-82(8,57-80(6,14-2)74(105)88-47-60(3)103)77(108)119-54-66-50-101(96-92-66)31-34-113-33-27-89-121(110,111)68-24-22-23-61(42-68)69-45-63(86)46-71-70(69)43-62(84)44-72(71)85/h22-24,42-44,48-51,60,63,69,89,103H,13-21,25-41,45-47,52-59,86H2,1-12H3,(H,87,104)(H,88,105). The van der Waals surface area contributed by atoms with Crippen LogP contribution >= 0.6 is 23.2 Å². The van der Waals surface area contributed by atoms with Crippen molar-refractivity contribution < 1.29 is 84.9 Å². The summed E-state index contributed by atoms with van der Waals surface area (Å²) in [7, 11) is 1.34. The van der Waals surface area contributed by atoms with Gasteiger partial charge in [0.1, 0.15) is 49.2 Å². The molecule has 38 heteroatoms. The topological polar surface area (TPSA) is 428 Å². The van der Waals surface area contributed by atoms with Gasteiger partial charge in [-0.1, -0.05) is 122 Å². The highest BCUT2D eigenvalue weighted by molar-refractivity contribution is 7.89. The quantitative estimate of drug-likeness (QED) is 0.0136. The van der Waals surface area contributed by atoms with Crippen molar-refractivity contribution >= 4 is 68.9 Å². The Kier molecular flexibility index (Phi) is 40.9. The fourth-order valence-electron chi connectivity index (χ4n) is 15.1. The van der Waals surface area contributed by atoms with E-state index in [1.165, 1.54) is 72.3 Å². The summed E-state index contributed by atoms with van der Waals surface area (Å²) in [5, 5.41) is 51.1. The first-order valence-corrected chi connectivity index (χ1v) is 44.1. The number of nitrogens with zero attached hydrogens (tertiary/aromatic N) is 13. The Morgan fingerprint density at radius 3 is 1.57 bits per heavy atom. The van der Waals surface area contributed by atoms with Crippen molar-refractivity contribution in [2.24, 2.45) is 32.8 Å². The monoisotopic (exact) mass is 1750 g/mol. The molecule has 4 heterocycles. The molecule has 0 bridgehead atoms. The molecule has 1 aliphatic carbocycles. The van der Waals surface area contributed by atoms with Crippen LogP contribution in [-0.4, -0.2) is 233 Å². The van der Waals surface area contributed by atoms with E-state index in [0.717, 1.165) is 36.0 Å². The smallest absolute Gasteiger partial charge is 0.312 e. The second-order valence-corrected chi connectivity index (χ2v) is 36.1. The Balaban J connectivity index is 1.13. The fraction of sp³-hybridized carbons (Fsp3) is 0.687. The summed E-state index contributed by atoms with van der Waals surface area (Å²) in [6, 6.07) is 10.0. The molecule has 7 unspecified atom stereocenters. The van der Waals surface area contributed by atoms with Crippen molar-refractivity contribution in [2.45, 2.75) is 241 Å². The van der Waals surface area contributed by atoms with E-state index < -0.39 is 106 Å². The van der Waals surface area contributed by atoms with Gasteiger partial charge >= 0.3 is 23.9 Å². The number of nitrogens with one attached hydrogen (secondary N) is 3. The number of carbonyl (C=O) groups excluding carboxylic acids is 6. The summed E-state index contributed by atoms with van der Waals surface area (Å²) in [5.41, 5.74) is 1.47. The second-order valence-electron chi connectivity index (χ2n) is 33.4. The van der Waals surface area contributed by atoms with Gasteiger partial charge in [0.05, 0.1) is 137 Å². The summed E-state index contributed by atoms with van der Waals surface area (Å²) >= 11 is 13.0. The molecular formula is C83H129Cl2N17O18S. The first kappa shape index (κ1) is 100. The van der Waals surface area contributed by atoms with E-state index in [4.69, 9.17) is 71.6 Å². The van der Waals surface area contributed by atoms with E-state index in [0.29, 0.717) is 87.7 Å². The molecule has 6 aromatic rings. The lowest BCUT2D eigenvalue weighted by Gasteiger charge is -2.44. The van der Waals surface area contributed by atoms with E-state index in [-0.39, 0.29) is 125 Å². The number of halogens is 2. The molecule has 1 aliphatic rings. The van der Waals surface area contributed by atoms with Gasteiger partial charge in [-0.3, -0.25) is 38.1 Å². The van der Waals surface area contributed by atoms with Crippen molar-refractivity contribution in [1.82, 2.24) is 80.2 Å². The number of amides is 2. The summed E-state index contributed by atoms with van der Waals surface area (Å²) in [5.74, 6) is -4.31. The maximum absolute atomic E-state index is 15.8. The molecule has 0 aliphatic heterocycles. The SMILES string of the molecule is CCCCCCCCCCn1cc(COC(=O)C(C)(C)CC(C)(CC(C)(CC(C)(CC(C)(CC)C(=O)NCC(C)O)C(=O)OCc2cn(CCOCCNS(=O)(=O)c3cccc(C4CC(N)Cc5c(Cl)cc(Cl)cc54)c3)nn2)C(=O)OCc2cn(CCOCCOCCOCCOC)nn2)C(=O)OCc2cn(CCNC(=O)CCN(C)C)nn2)nn1. The average Bonchev–Trinajstić information content (AvgIpc) is 1.11. The zero-order valence-corrected chi connectivity index (χ0v) is 74.9. The number of nitrogens with two attached hydrogens (primary N) is 1. The van der Waals surface area contributed by atoms with E-state index >= 15 is 14.4 Å². The van der Waals surface area contributed by atoms with Crippen LogP contribution in [-0.2, 0) is 140 Å². The molecule has 0 fully saturated rings. The molecule has 674 valence electrons. The maximum Gasteiger partial charge on any atom is 0.312 e. The van der Waals surface area contributed by atoms with E-state index in [1.807, 2.05) is 31.1 Å². The third kappa shape index (κ3) is 33.2. The summed E-state index contributed by atoms with van der Waals surface area (Å²) in [4.78, 5) is 90.9. The lowest BCUT2D eigenvalue weighted by atomic mass is 9.59. The average molecular weight is 1760 g/mol. The molecule has 0 saturated heterocycles.